The Labute approximate surface area is 134 Å². The first-order valence-corrected chi connectivity index (χ1v) is 7.76. The minimum Gasteiger partial charge on any atom is -0.250 e. The van der Waals surface area contributed by atoms with Gasteiger partial charge < -0.3 is 0 Å². The number of nitrogens with one attached hydrogen (secondary N) is 1. The molecule has 2 atom stereocenters. The molecule has 0 heterocycles. The highest BCUT2D eigenvalue weighted by Gasteiger charge is 2.28. The topological polar surface area (TPSA) is 15.3 Å². The van der Waals surface area contributed by atoms with E-state index in [1.54, 1.807) is 6.08 Å². The predicted molar refractivity (Wildman–Crippen MR) is 96.5 cm³/mol. The average molecular weight is 294 g/mol. The highest BCUT2D eigenvalue weighted by Crippen LogP contribution is 2.41. The van der Waals surface area contributed by atoms with Crippen LogP contribution in [0.15, 0.2) is 61.7 Å². The molecular weight excluding hydrogens is 268 g/mol. The monoisotopic (exact) mass is 294 g/mol. The van der Waals surface area contributed by atoms with Gasteiger partial charge in [0.2, 0.25) is 0 Å². The van der Waals surface area contributed by atoms with Gasteiger partial charge in [-0.3, -0.25) is 5.01 Å². The summed E-state index contributed by atoms with van der Waals surface area (Å²) in [6.07, 6.45) is 10.8. The molecule has 0 bridgehead atoms. The van der Waals surface area contributed by atoms with Crippen LogP contribution >= 0.6 is 0 Å². The Morgan fingerprint density at radius 3 is 2.64 bits per heavy atom. The number of hydrogen-bond donors (Lipinski definition) is 1. The number of rotatable bonds is 6. The Balaban J connectivity index is 2.41. The third kappa shape index (κ3) is 3.65. The van der Waals surface area contributed by atoms with Crippen molar-refractivity contribution in [2.24, 2.45) is 0 Å². The lowest BCUT2D eigenvalue weighted by Gasteiger charge is -2.20. The largest absolute Gasteiger partial charge is 0.250 e. The van der Waals surface area contributed by atoms with Crippen molar-refractivity contribution >= 4 is 5.57 Å². The van der Waals surface area contributed by atoms with Crippen LogP contribution in [0.2, 0.25) is 0 Å². The number of allylic oxidation sites excluding steroid dienone is 6. The molecule has 0 aromatic heterocycles. The second kappa shape index (κ2) is 7.39. The van der Waals surface area contributed by atoms with Crippen LogP contribution in [0.4, 0.5) is 0 Å². The molecule has 116 valence electrons. The van der Waals surface area contributed by atoms with Gasteiger partial charge in [0.25, 0.3) is 0 Å². The molecule has 1 aromatic carbocycles. The summed E-state index contributed by atoms with van der Waals surface area (Å²) in [5, 5.41) is 2.04. The fourth-order valence-corrected chi connectivity index (χ4v) is 3.09. The molecule has 0 radical (unpaired) electrons. The highest BCUT2D eigenvalue weighted by molar-refractivity contribution is 5.76. The van der Waals surface area contributed by atoms with Crippen LogP contribution < -0.4 is 5.43 Å². The minimum absolute atomic E-state index is 0.383. The smallest absolute Gasteiger partial charge is 0.0473 e. The molecule has 0 aliphatic heterocycles. The van der Waals surface area contributed by atoms with Gasteiger partial charge in [-0.05, 0) is 40.7 Å². The molecule has 0 unspecified atom stereocenters. The Morgan fingerprint density at radius 2 is 2.00 bits per heavy atom. The Kier molecular flexibility index (Phi) is 5.53. The maximum Gasteiger partial charge on any atom is 0.0473 e. The number of hydrogen-bond acceptors (Lipinski definition) is 2. The van der Waals surface area contributed by atoms with Gasteiger partial charge in [0.05, 0.1) is 0 Å². The van der Waals surface area contributed by atoms with Crippen LogP contribution in [0.5, 0.6) is 0 Å². The first-order chi connectivity index (χ1) is 10.6. The SMILES string of the molecule is C=C/C=C\C(=C/C=C)c1ccc2c(c1)[C@H](NN(C)C)C[C@H]2C. The van der Waals surface area contributed by atoms with Gasteiger partial charge in [-0.2, -0.15) is 0 Å². The van der Waals surface area contributed by atoms with Gasteiger partial charge in [-0.1, -0.05) is 62.6 Å². The zero-order chi connectivity index (χ0) is 16.1. The first-order valence-electron chi connectivity index (χ1n) is 7.76. The lowest BCUT2D eigenvalue weighted by Crippen LogP contribution is -2.33. The molecule has 2 rings (SSSR count). The van der Waals surface area contributed by atoms with E-state index in [1.165, 1.54) is 16.7 Å². The van der Waals surface area contributed by atoms with Crippen molar-refractivity contribution in [2.75, 3.05) is 14.1 Å². The minimum atomic E-state index is 0.383. The van der Waals surface area contributed by atoms with Crippen LogP contribution in [-0.2, 0) is 0 Å². The van der Waals surface area contributed by atoms with Gasteiger partial charge in [-0.25, -0.2) is 5.43 Å². The normalized spacial score (nSPS) is 21.4. The second-order valence-corrected chi connectivity index (χ2v) is 6.01. The van der Waals surface area contributed by atoms with Gasteiger partial charge in [0, 0.05) is 20.1 Å². The molecule has 0 saturated heterocycles. The quantitative estimate of drug-likeness (QED) is 0.608. The molecule has 22 heavy (non-hydrogen) atoms. The van der Waals surface area contributed by atoms with E-state index >= 15 is 0 Å². The van der Waals surface area contributed by atoms with E-state index in [2.05, 4.69) is 49.8 Å². The zero-order valence-electron chi connectivity index (χ0n) is 13.8. The van der Waals surface area contributed by atoms with E-state index in [0.717, 1.165) is 12.0 Å². The maximum absolute atomic E-state index is 3.82. The van der Waals surface area contributed by atoms with Crippen molar-refractivity contribution in [3.05, 3.63) is 78.4 Å². The van der Waals surface area contributed by atoms with Gasteiger partial charge >= 0.3 is 0 Å². The first kappa shape index (κ1) is 16.5. The average Bonchev–Trinajstić information content (AvgIpc) is 2.78. The van der Waals surface area contributed by atoms with E-state index in [4.69, 9.17) is 0 Å². The lowest BCUT2D eigenvalue weighted by molar-refractivity contribution is 0.239. The Hall–Kier alpha value is -1.90. The summed E-state index contributed by atoms with van der Waals surface area (Å²) >= 11 is 0. The van der Waals surface area contributed by atoms with Crippen molar-refractivity contribution in [1.82, 2.24) is 10.4 Å². The highest BCUT2D eigenvalue weighted by atomic mass is 15.5. The van der Waals surface area contributed by atoms with E-state index in [-0.39, 0.29) is 0 Å². The summed E-state index contributed by atoms with van der Waals surface area (Å²) in [4.78, 5) is 0. The van der Waals surface area contributed by atoms with Crippen LogP contribution in [0.1, 0.15) is 42.0 Å². The van der Waals surface area contributed by atoms with Crippen molar-refractivity contribution in [1.29, 1.82) is 0 Å². The van der Waals surface area contributed by atoms with Crippen molar-refractivity contribution < 1.29 is 0 Å². The molecule has 0 spiro atoms. The van der Waals surface area contributed by atoms with Crippen LogP contribution in [-0.4, -0.2) is 19.1 Å². The predicted octanol–water partition coefficient (Wildman–Crippen LogP) is 4.61. The fourth-order valence-electron chi connectivity index (χ4n) is 3.09. The molecule has 2 heteroatoms. The molecular formula is C20H26N2. The lowest BCUT2D eigenvalue weighted by atomic mass is 9.97. The fraction of sp³-hybridized carbons (Fsp3) is 0.300. The summed E-state index contributed by atoms with van der Waals surface area (Å²) in [5.74, 6) is 0.594. The molecule has 2 nitrogen and oxygen atoms in total. The summed E-state index contributed by atoms with van der Waals surface area (Å²) in [5.41, 5.74) is 8.76. The van der Waals surface area contributed by atoms with Crippen LogP contribution in [0.3, 0.4) is 0 Å². The van der Waals surface area contributed by atoms with Crippen LogP contribution in [0, 0.1) is 0 Å². The molecule has 1 aliphatic carbocycles. The van der Waals surface area contributed by atoms with E-state index < -0.39 is 0 Å². The summed E-state index contributed by atoms with van der Waals surface area (Å²) in [6.45, 7) is 9.86. The van der Waals surface area contributed by atoms with Crippen molar-refractivity contribution in [3.8, 4) is 0 Å². The molecule has 0 amide bonds. The number of hydrazine groups is 1. The summed E-state index contributed by atoms with van der Waals surface area (Å²) < 4.78 is 0. The molecule has 1 N–H and O–H groups in total. The zero-order valence-corrected chi connectivity index (χ0v) is 13.8. The van der Waals surface area contributed by atoms with Crippen molar-refractivity contribution in [2.45, 2.75) is 25.3 Å². The number of benzene rings is 1. The number of nitrogens with zero attached hydrogens (tertiary/aromatic N) is 1. The summed E-state index contributed by atoms with van der Waals surface area (Å²) in [7, 11) is 4.09. The van der Waals surface area contributed by atoms with Gasteiger partial charge in [-0.15, -0.1) is 0 Å². The molecule has 0 fully saturated rings. The van der Waals surface area contributed by atoms with Crippen LogP contribution in [0.25, 0.3) is 5.57 Å². The van der Waals surface area contributed by atoms with E-state index in [9.17, 15) is 0 Å². The van der Waals surface area contributed by atoms with Gasteiger partial charge in [0.1, 0.15) is 0 Å². The third-order valence-corrected chi connectivity index (χ3v) is 4.04. The molecule has 0 saturated carbocycles. The number of fused-ring (bicyclic) bond motifs is 1. The van der Waals surface area contributed by atoms with Gasteiger partial charge in [0.15, 0.2) is 0 Å². The Morgan fingerprint density at radius 1 is 1.23 bits per heavy atom. The molecule has 1 aliphatic rings. The van der Waals surface area contributed by atoms with E-state index in [0.29, 0.717) is 12.0 Å². The molecule has 1 aromatic rings. The third-order valence-electron chi connectivity index (χ3n) is 4.04. The summed E-state index contributed by atoms with van der Waals surface area (Å²) in [6, 6.07) is 7.16. The maximum atomic E-state index is 3.82. The van der Waals surface area contributed by atoms with Crippen molar-refractivity contribution in [3.63, 3.8) is 0 Å². The second-order valence-electron chi connectivity index (χ2n) is 6.01. The van der Waals surface area contributed by atoms with E-state index in [1.807, 2.05) is 37.3 Å². The Bertz CT molecular complexity index is 606. The standard InChI is InChI=1S/C20H26N2/c1-6-8-10-16(9-7-2)17-11-12-18-15(3)13-20(19(18)14-17)21-22(4)5/h6-12,14-15,20-21H,1-2,13H2,3-5H3/b10-8-,16-9+/t15-,20-/m1/s1.